The van der Waals surface area contributed by atoms with E-state index in [1.165, 1.54) is 0 Å². The summed E-state index contributed by atoms with van der Waals surface area (Å²) in [5.74, 6) is 0.606. The Kier molecular flexibility index (Phi) is 4.53. The number of hydrogen-bond acceptors (Lipinski definition) is 3. The van der Waals surface area contributed by atoms with Crippen LogP contribution in [0.5, 0.6) is 0 Å². The third-order valence-electron chi connectivity index (χ3n) is 4.11. The Balaban J connectivity index is 1.99. The lowest BCUT2D eigenvalue weighted by atomic mass is 9.90. The lowest BCUT2D eigenvalue weighted by Crippen LogP contribution is -2.49. The molecule has 0 aromatic carbocycles. The number of aryl methyl sites for hydroxylation is 1. The molecule has 2 unspecified atom stereocenters. The monoisotopic (exact) mass is 261 g/mol. The first-order valence-corrected chi connectivity index (χ1v) is 7.05. The summed E-state index contributed by atoms with van der Waals surface area (Å²) >= 11 is 0. The van der Waals surface area contributed by atoms with E-state index < -0.39 is 0 Å². The molecule has 1 aromatic heterocycles. The van der Waals surface area contributed by atoms with Crippen molar-refractivity contribution in [3.8, 4) is 0 Å². The number of amides is 1. The molecule has 0 saturated carbocycles. The third kappa shape index (κ3) is 3.32. The first kappa shape index (κ1) is 14.0. The highest BCUT2D eigenvalue weighted by atomic mass is 16.2. The molecule has 1 aliphatic heterocycles. The minimum absolute atomic E-state index is 0.173. The van der Waals surface area contributed by atoms with Crippen LogP contribution < -0.4 is 5.73 Å². The second kappa shape index (κ2) is 6.15. The van der Waals surface area contributed by atoms with E-state index in [-0.39, 0.29) is 11.9 Å². The van der Waals surface area contributed by atoms with Crippen molar-refractivity contribution >= 4 is 5.91 Å². The number of piperidine rings is 1. The normalized spacial score (nSPS) is 23.4. The van der Waals surface area contributed by atoms with E-state index >= 15 is 0 Å². The quantitative estimate of drug-likeness (QED) is 0.897. The number of aromatic nitrogens is 1. The SMILES string of the molecule is CCC1CN(C(=O)Cc2ncccc2C)CCC1N. The van der Waals surface area contributed by atoms with Crippen LogP contribution in [0.15, 0.2) is 18.3 Å². The molecule has 0 aliphatic carbocycles. The Bertz CT molecular complexity index is 447. The van der Waals surface area contributed by atoms with Gasteiger partial charge in [0.1, 0.15) is 0 Å². The van der Waals surface area contributed by atoms with Crippen LogP contribution >= 0.6 is 0 Å². The summed E-state index contributed by atoms with van der Waals surface area (Å²) in [6.07, 6.45) is 4.09. The van der Waals surface area contributed by atoms with Gasteiger partial charge in [0, 0.05) is 25.3 Å². The van der Waals surface area contributed by atoms with Gasteiger partial charge in [-0.2, -0.15) is 0 Å². The van der Waals surface area contributed by atoms with Crippen molar-refractivity contribution in [1.82, 2.24) is 9.88 Å². The molecule has 0 radical (unpaired) electrons. The summed E-state index contributed by atoms with van der Waals surface area (Å²) in [7, 11) is 0. The average molecular weight is 261 g/mol. The fourth-order valence-corrected chi connectivity index (χ4v) is 2.67. The second-order valence-electron chi connectivity index (χ2n) is 5.40. The Morgan fingerprint density at radius 1 is 1.58 bits per heavy atom. The standard InChI is InChI=1S/C15H23N3O/c1-3-12-10-18(8-6-13(12)16)15(19)9-14-11(2)5-4-7-17-14/h4-5,7,12-13H,3,6,8-10,16H2,1-2H3. The van der Waals surface area contributed by atoms with E-state index in [1.807, 2.05) is 24.0 Å². The lowest BCUT2D eigenvalue weighted by molar-refractivity contribution is -0.132. The minimum Gasteiger partial charge on any atom is -0.342 e. The zero-order valence-electron chi connectivity index (χ0n) is 11.8. The predicted octanol–water partition coefficient (Wildman–Crippen LogP) is 1.52. The van der Waals surface area contributed by atoms with Gasteiger partial charge in [0.15, 0.2) is 0 Å². The molecule has 1 fully saturated rings. The number of carbonyl (C=O) groups excluding carboxylic acids is 1. The van der Waals surface area contributed by atoms with E-state index in [4.69, 9.17) is 5.73 Å². The largest absolute Gasteiger partial charge is 0.342 e. The van der Waals surface area contributed by atoms with Gasteiger partial charge in [-0.3, -0.25) is 9.78 Å². The summed E-state index contributed by atoms with van der Waals surface area (Å²) < 4.78 is 0. The molecule has 1 aromatic rings. The number of hydrogen-bond donors (Lipinski definition) is 1. The maximum atomic E-state index is 12.3. The van der Waals surface area contributed by atoms with Crippen LogP contribution in [-0.4, -0.2) is 34.9 Å². The van der Waals surface area contributed by atoms with Gasteiger partial charge in [0.05, 0.1) is 12.1 Å². The highest BCUT2D eigenvalue weighted by Gasteiger charge is 2.28. The number of pyridine rings is 1. The Morgan fingerprint density at radius 3 is 3.05 bits per heavy atom. The van der Waals surface area contributed by atoms with E-state index in [1.54, 1.807) is 6.20 Å². The Morgan fingerprint density at radius 2 is 2.37 bits per heavy atom. The van der Waals surface area contributed by atoms with Crippen LogP contribution in [0, 0.1) is 12.8 Å². The molecule has 0 spiro atoms. The number of likely N-dealkylation sites (tertiary alicyclic amines) is 1. The molecule has 2 heterocycles. The summed E-state index contributed by atoms with van der Waals surface area (Å²) in [5.41, 5.74) is 8.04. The molecule has 0 bridgehead atoms. The minimum atomic E-state index is 0.173. The van der Waals surface area contributed by atoms with Crippen molar-refractivity contribution in [1.29, 1.82) is 0 Å². The summed E-state index contributed by atoms with van der Waals surface area (Å²) in [6.45, 7) is 5.71. The molecule has 1 aliphatic rings. The van der Waals surface area contributed by atoms with Crippen molar-refractivity contribution in [2.45, 2.75) is 39.2 Å². The molecule has 4 heteroatoms. The fraction of sp³-hybridized carbons (Fsp3) is 0.600. The van der Waals surface area contributed by atoms with Gasteiger partial charge in [-0.25, -0.2) is 0 Å². The van der Waals surface area contributed by atoms with Crippen molar-refractivity contribution < 1.29 is 4.79 Å². The maximum Gasteiger partial charge on any atom is 0.228 e. The van der Waals surface area contributed by atoms with Gasteiger partial charge < -0.3 is 10.6 Å². The molecule has 1 amide bonds. The molecule has 4 nitrogen and oxygen atoms in total. The van der Waals surface area contributed by atoms with E-state index in [9.17, 15) is 4.79 Å². The Hall–Kier alpha value is -1.42. The van der Waals surface area contributed by atoms with Crippen LogP contribution in [-0.2, 0) is 11.2 Å². The first-order valence-electron chi connectivity index (χ1n) is 7.05. The molecule has 1 saturated heterocycles. The number of carbonyl (C=O) groups is 1. The molecule has 2 rings (SSSR count). The topological polar surface area (TPSA) is 59.2 Å². The van der Waals surface area contributed by atoms with Crippen molar-refractivity contribution in [3.63, 3.8) is 0 Å². The highest BCUT2D eigenvalue weighted by molar-refractivity contribution is 5.78. The number of nitrogens with zero attached hydrogens (tertiary/aromatic N) is 2. The third-order valence-corrected chi connectivity index (χ3v) is 4.11. The summed E-state index contributed by atoms with van der Waals surface area (Å²) in [6, 6.07) is 4.14. The fourth-order valence-electron chi connectivity index (χ4n) is 2.67. The van der Waals surface area contributed by atoms with Crippen LogP contribution in [0.3, 0.4) is 0 Å². The number of rotatable bonds is 3. The molecule has 2 atom stereocenters. The van der Waals surface area contributed by atoms with Crippen LogP contribution in [0.1, 0.15) is 31.0 Å². The van der Waals surface area contributed by atoms with Gasteiger partial charge in [0.2, 0.25) is 5.91 Å². The van der Waals surface area contributed by atoms with Gasteiger partial charge in [-0.15, -0.1) is 0 Å². The number of nitrogens with two attached hydrogens (primary N) is 1. The molecular formula is C15H23N3O. The van der Waals surface area contributed by atoms with Crippen LogP contribution in [0.4, 0.5) is 0 Å². The van der Waals surface area contributed by atoms with E-state index in [0.717, 1.165) is 37.2 Å². The Labute approximate surface area is 115 Å². The zero-order chi connectivity index (χ0) is 13.8. The molecule has 19 heavy (non-hydrogen) atoms. The predicted molar refractivity (Wildman–Crippen MR) is 75.6 cm³/mol. The van der Waals surface area contributed by atoms with Crippen molar-refractivity contribution in [3.05, 3.63) is 29.6 Å². The van der Waals surface area contributed by atoms with Crippen LogP contribution in [0.25, 0.3) is 0 Å². The summed E-state index contributed by atoms with van der Waals surface area (Å²) in [4.78, 5) is 18.6. The smallest absolute Gasteiger partial charge is 0.228 e. The molecular weight excluding hydrogens is 238 g/mol. The molecule has 2 N–H and O–H groups in total. The van der Waals surface area contributed by atoms with E-state index in [0.29, 0.717) is 12.3 Å². The van der Waals surface area contributed by atoms with Gasteiger partial charge >= 0.3 is 0 Å². The zero-order valence-corrected chi connectivity index (χ0v) is 11.8. The highest BCUT2D eigenvalue weighted by Crippen LogP contribution is 2.19. The van der Waals surface area contributed by atoms with Crippen molar-refractivity contribution in [2.75, 3.05) is 13.1 Å². The van der Waals surface area contributed by atoms with Gasteiger partial charge in [-0.1, -0.05) is 19.4 Å². The first-order chi connectivity index (χ1) is 9.11. The molecule has 104 valence electrons. The second-order valence-corrected chi connectivity index (χ2v) is 5.40. The van der Waals surface area contributed by atoms with Crippen molar-refractivity contribution in [2.24, 2.45) is 11.7 Å². The van der Waals surface area contributed by atoms with Gasteiger partial charge in [-0.05, 0) is 30.9 Å². The average Bonchev–Trinajstić information content (AvgIpc) is 2.42. The van der Waals surface area contributed by atoms with Gasteiger partial charge in [0.25, 0.3) is 0 Å². The maximum absolute atomic E-state index is 12.3. The van der Waals surface area contributed by atoms with Crippen LogP contribution in [0.2, 0.25) is 0 Å². The lowest BCUT2D eigenvalue weighted by Gasteiger charge is -2.36. The van der Waals surface area contributed by atoms with E-state index in [2.05, 4.69) is 11.9 Å². The summed E-state index contributed by atoms with van der Waals surface area (Å²) in [5, 5.41) is 0.